The second-order valence-corrected chi connectivity index (χ2v) is 6.91. The minimum absolute atomic E-state index is 0.197. The Morgan fingerprint density at radius 3 is 2.38 bits per heavy atom. The van der Waals surface area contributed by atoms with E-state index in [2.05, 4.69) is 15.3 Å². The second kappa shape index (κ2) is 6.22. The predicted octanol–water partition coefficient (Wildman–Crippen LogP) is 3.10. The third kappa shape index (κ3) is 3.18. The molecule has 0 unspecified atom stereocenters. The van der Waals surface area contributed by atoms with Gasteiger partial charge in [-0.2, -0.15) is 13.2 Å². The van der Waals surface area contributed by atoms with E-state index in [-0.39, 0.29) is 11.7 Å². The molecule has 0 spiro atoms. The Morgan fingerprint density at radius 1 is 1.17 bits per heavy atom. The number of rotatable bonds is 3. The predicted molar refractivity (Wildman–Crippen MR) is 83.5 cm³/mol. The molecule has 1 heterocycles. The van der Waals surface area contributed by atoms with Gasteiger partial charge in [-0.05, 0) is 37.5 Å². The first kappa shape index (κ1) is 17.0. The van der Waals surface area contributed by atoms with E-state index >= 15 is 0 Å². The molecule has 0 radical (unpaired) electrons. The zero-order valence-electron chi connectivity index (χ0n) is 13.7. The molecule has 5 nitrogen and oxygen atoms in total. The van der Waals surface area contributed by atoms with E-state index in [1.807, 2.05) is 0 Å². The molecule has 0 aromatic carbocycles. The van der Waals surface area contributed by atoms with Crippen LogP contribution in [0.3, 0.4) is 0 Å². The van der Waals surface area contributed by atoms with Crippen LogP contribution >= 0.6 is 0 Å². The van der Waals surface area contributed by atoms with Gasteiger partial charge in [0.2, 0.25) is 5.91 Å². The molecule has 3 aliphatic carbocycles. The van der Waals surface area contributed by atoms with Crippen molar-refractivity contribution in [1.29, 1.82) is 0 Å². The van der Waals surface area contributed by atoms with Gasteiger partial charge in [0.15, 0.2) is 0 Å². The van der Waals surface area contributed by atoms with E-state index in [4.69, 9.17) is 0 Å². The first-order chi connectivity index (χ1) is 11.3. The van der Waals surface area contributed by atoms with Gasteiger partial charge in [-0.25, -0.2) is 9.97 Å². The number of halogens is 3. The summed E-state index contributed by atoms with van der Waals surface area (Å²) in [7, 11) is 3.57. The van der Waals surface area contributed by atoms with Crippen LogP contribution in [0.5, 0.6) is 0 Å². The van der Waals surface area contributed by atoms with E-state index < -0.39 is 29.8 Å². The number of hydrogen-bond acceptors (Lipinski definition) is 4. The normalized spacial score (nSPS) is 29.4. The average Bonchev–Trinajstić information content (AvgIpc) is 2.54. The summed E-state index contributed by atoms with van der Waals surface area (Å²) >= 11 is 0. The molecule has 4 rings (SSSR count). The number of alkyl halides is 3. The number of nitrogens with one attached hydrogen (secondary N) is 1. The van der Waals surface area contributed by atoms with E-state index in [1.165, 1.54) is 6.33 Å². The van der Waals surface area contributed by atoms with Crippen LogP contribution in [-0.2, 0) is 4.79 Å². The SMILES string of the molecule is CN(C)c1cc(NC(=O)[C@H]2C3CCC(CC3)[C@@H]2C(F)(F)F)ncn1. The fraction of sp³-hybridized carbons (Fsp3) is 0.688. The summed E-state index contributed by atoms with van der Waals surface area (Å²) in [5, 5.41) is 2.58. The Morgan fingerprint density at radius 2 is 1.79 bits per heavy atom. The summed E-state index contributed by atoms with van der Waals surface area (Å²) in [5.41, 5.74) is 0. The Bertz CT molecular complexity index is 612. The maximum absolute atomic E-state index is 13.5. The van der Waals surface area contributed by atoms with Crippen molar-refractivity contribution in [3.05, 3.63) is 12.4 Å². The Hall–Kier alpha value is -1.86. The highest BCUT2D eigenvalue weighted by atomic mass is 19.4. The van der Waals surface area contributed by atoms with Crippen molar-refractivity contribution in [1.82, 2.24) is 9.97 Å². The summed E-state index contributed by atoms with van der Waals surface area (Å²) in [6.07, 6.45) is -0.524. The molecule has 0 saturated heterocycles. The highest BCUT2D eigenvalue weighted by molar-refractivity contribution is 5.92. The van der Waals surface area contributed by atoms with Crippen molar-refractivity contribution < 1.29 is 18.0 Å². The van der Waals surface area contributed by atoms with E-state index in [1.54, 1.807) is 25.1 Å². The highest BCUT2D eigenvalue weighted by Crippen LogP contribution is 2.54. The molecule has 1 N–H and O–H groups in total. The molecule has 24 heavy (non-hydrogen) atoms. The third-order valence-electron chi connectivity index (χ3n) is 5.26. The van der Waals surface area contributed by atoms with Gasteiger partial charge in [-0.3, -0.25) is 4.79 Å². The molecule has 3 aliphatic rings. The van der Waals surface area contributed by atoms with Gasteiger partial charge in [0.05, 0.1) is 11.8 Å². The molecular formula is C16H21F3N4O. The fourth-order valence-electron chi connectivity index (χ4n) is 4.17. The lowest BCUT2D eigenvalue weighted by Crippen LogP contribution is -2.51. The van der Waals surface area contributed by atoms with Crippen molar-refractivity contribution in [2.24, 2.45) is 23.7 Å². The van der Waals surface area contributed by atoms with Crippen LogP contribution < -0.4 is 10.2 Å². The maximum atomic E-state index is 13.5. The molecule has 0 aliphatic heterocycles. The summed E-state index contributed by atoms with van der Waals surface area (Å²) in [6.45, 7) is 0. The Balaban J connectivity index is 1.81. The van der Waals surface area contributed by atoms with E-state index in [0.29, 0.717) is 31.5 Å². The Kier molecular flexibility index (Phi) is 4.40. The quantitative estimate of drug-likeness (QED) is 0.917. The van der Waals surface area contributed by atoms with E-state index in [0.717, 1.165) is 0 Å². The van der Waals surface area contributed by atoms with Crippen LogP contribution in [0.15, 0.2) is 12.4 Å². The molecule has 2 atom stereocenters. The zero-order chi connectivity index (χ0) is 17.5. The molecule has 1 amide bonds. The molecule has 2 bridgehead atoms. The van der Waals surface area contributed by atoms with Gasteiger partial charge < -0.3 is 10.2 Å². The van der Waals surface area contributed by atoms with Gasteiger partial charge in [-0.1, -0.05) is 0 Å². The van der Waals surface area contributed by atoms with Crippen molar-refractivity contribution >= 4 is 17.5 Å². The van der Waals surface area contributed by atoms with Crippen LogP contribution in [0, 0.1) is 23.7 Å². The monoisotopic (exact) mass is 342 g/mol. The van der Waals surface area contributed by atoms with Crippen LogP contribution in [0.25, 0.3) is 0 Å². The smallest absolute Gasteiger partial charge is 0.363 e. The van der Waals surface area contributed by atoms with Crippen molar-refractivity contribution in [3.63, 3.8) is 0 Å². The van der Waals surface area contributed by atoms with Gasteiger partial charge in [-0.15, -0.1) is 0 Å². The standard InChI is InChI=1S/C16H21F3N4O/c1-23(2)12-7-11(20-8-21-12)22-15(24)13-9-3-5-10(6-4-9)14(13)16(17,18)19/h7-10,13-14H,3-6H2,1-2H3,(H,20,21,22,24)/t9?,10?,13-,14-/m0/s1. The number of aromatic nitrogens is 2. The highest BCUT2D eigenvalue weighted by Gasteiger charge is 2.58. The summed E-state index contributed by atoms with van der Waals surface area (Å²) in [6, 6.07) is 1.56. The molecular weight excluding hydrogens is 321 g/mol. The number of fused-ring (bicyclic) bond motifs is 3. The largest absolute Gasteiger partial charge is 0.392 e. The minimum Gasteiger partial charge on any atom is -0.363 e. The lowest BCUT2D eigenvalue weighted by atomic mass is 9.58. The molecule has 1 aromatic heterocycles. The number of carbonyl (C=O) groups is 1. The van der Waals surface area contributed by atoms with Crippen molar-refractivity contribution in [3.8, 4) is 0 Å². The summed E-state index contributed by atoms with van der Waals surface area (Å²) in [5.74, 6) is -2.95. The molecule has 3 fully saturated rings. The number of hydrogen-bond donors (Lipinski definition) is 1. The van der Waals surface area contributed by atoms with Crippen molar-refractivity contribution in [2.45, 2.75) is 31.9 Å². The number of amides is 1. The van der Waals surface area contributed by atoms with Gasteiger partial charge in [0.1, 0.15) is 18.0 Å². The Labute approximate surface area is 138 Å². The van der Waals surface area contributed by atoms with Crippen LogP contribution in [0.4, 0.5) is 24.8 Å². The summed E-state index contributed by atoms with van der Waals surface area (Å²) < 4.78 is 40.5. The number of nitrogens with zero attached hydrogens (tertiary/aromatic N) is 3. The molecule has 132 valence electrons. The lowest BCUT2D eigenvalue weighted by molar-refractivity contribution is -0.227. The average molecular weight is 342 g/mol. The van der Waals surface area contributed by atoms with Gasteiger partial charge in [0, 0.05) is 20.2 Å². The van der Waals surface area contributed by atoms with E-state index in [9.17, 15) is 18.0 Å². The van der Waals surface area contributed by atoms with Crippen LogP contribution in [-0.4, -0.2) is 36.1 Å². The first-order valence-electron chi connectivity index (χ1n) is 8.14. The van der Waals surface area contributed by atoms with Gasteiger partial charge in [0.25, 0.3) is 0 Å². The third-order valence-corrected chi connectivity index (χ3v) is 5.26. The minimum atomic E-state index is -4.34. The number of carbonyl (C=O) groups excluding carboxylic acids is 1. The van der Waals surface area contributed by atoms with Crippen molar-refractivity contribution in [2.75, 3.05) is 24.3 Å². The van der Waals surface area contributed by atoms with Gasteiger partial charge >= 0.3 is 6.18 Å². The molecule has 8 heteroatoms. The topological polar surface area (TPSA) is 58.1 Å². The van der Waals surface area contributed by atoms with Crippen LogP contribution in [0.1, 0.15) is 25.7 Å². The van der Waals surface area contributed by atoms with Crippen LogP contribution in [0.2, 0.25) is 0 Å². The number of anilines is 2. The second-order valence-electron chi connectivity index (χ2n) is 6.91. The zero-order valence-corrected chi connectivity index (χ0v) is 13.7. The molecule has 1 aromatic rings. The fourth-order valence-corrected chi connectivity index (χ4v) is 4.17. The maximum Gasteiger partial charge on any atom is 0.392 e. The molecule has 3 saturated carbocycles. The lowest BCUT2D eigenvalue weighted by Gasteiger charge is -2.48. The summed E-state index contributed by atoms with van der Waals surface area (Å²) in [4.78, 5) is 22.3. The first-order valence-corrected chi connectivity index (χ1v) is 8.14.